The number of carbonyl (C=O) groups excluding carboxylic acids is 1. The van der Waals surface area contributed by atoms with Crippen LogP contribution < -0.4 is 4.90 Å². The van der Waals surface area contributed by atoms with Gasteiger partial charge >= 0.3 is 0 Å². The second kappa shape index (κ2) is 7.04. The number of nitrogens with zero attached hydrogens (tertiary/aromatic N) is 4. The van der Waals surface area contributed by atoms with Crippen LogP contribution in [0.1, 0.15) is 12.5 Å². The second-order valence-corrected chi connectivity index (χ2v) is 5.17. The first kappa shape index (κ1) is 15.3. The van der Waals surface area contributed by atoms with Crippen LogP contribution >= 0.6 is 0 Å². The Kier molecular flexibility index (Phi) is 5.11. The number of carbonyl (C=O) groups is 1. The molecule has 2 rings (SSSR count). The van der Waals surface area contributed by atoms with E-state index in [0.29, 0.717) is 19.6 Å². The third-order valence-electron chi connectivity index (χ3n) is 3.30. The number of rotatable bonds is 6. The third kappa shape index (κ3) is 4.16. The molecular formula is C16H22N4O. The summed E-state index contributed by atoms with van der Waals surface area (Å²) in [5, 5.41) is 4.14. The molecule has 0 unspecified atom stereocenters. The van der Waals surface area contributed by atoms with Crippen molar-refractivity contribution in [1.82, 2.24) is 14.7 Å². The first-order valence-corrected chi connectivity index (χ1v) is 7.11. The SMILES string of the molecule is CCN(C(=O)CN(C)Cc1cnn(C)c1)c1ccccc1. The molecule has 1 aromatic heterocycles. The number of likely N-dealkylation sites (N-methyl/N-ethyl adjacent to an activating group) is 2. The minimum absolute atomic E-state index is 0.107. The van der Waals surface area contributed by atoms with Gasteiger partial charge in [-0.3, -0.25) is 14.4 Å². The highest BCUT2D eigenvalue weighted by molar-refractivity contribution is 5.94. The molecule has 0 fully saturated rings. The number of amides is 1. The van der Waals surface area contributed by atoms with Gasteiger partial charge < -0.3 is 4.90 Å². The van der Waals surface area contributed by atoms with Crippen LogP contribution in [0.15, 0.2) is 42.7 Å². The van der Waals surface area contributed by atoms with E-state index in [4.69, 9.17) is 0 Å². The largest absolute Gasteiger partial charge is 0.312 e. The molecule has 0 aliphatic rings. The number of para-hydroxylation sites is 1. The van der Waals surface area contributed by atoms with E-state index < -0.39 is 0 Å². The molecule has 0 saturated carbocycles. The zero-order chi connectivity index (χ0) is 15.2. The Balaban J connectivity index is 1.96. The molecule has 1 aromatic carbocycles. The van der Waals surface area contributed by atoms with Crippen molar-refractivity contribution in [3.05, 3.63) is 48.3 Å². The van der Waals surface area contributed by atoms with Crippen LogP contribution in [0.4, 0.5) is 5.69 Å². The van der Waals surface area contributed by atoms with Crippen molar-refractivity contribution in [2.45, 2.75) is 13.5 Å². The molecule has 5 heteroatoms. The number of benzene rings is 1. The summed E-state index contributed by atoms with van der Waals surface area (Å²) in [6.45, 7) is 3.76. The Bertz CT molecular complexity index is 579. The predicted molar refractivity (Wildman–Crippen MR) is 84.0 cm³/mol. The molecule has 5 nitrogen and oxygen atoms in total. The zero-order valence-corrected chi connectivity index (χ0v) is 12.9. The van der Waals surface area contributed by atoms with Gasteiger partial charge in [-0.15, -0.1) is 0 Å². The van der Waals surface area contributed by atoms with Crippen LogP contribution in [-0.4, -0.2) is 40.7 Å². The maximum atomic E-state index is 12.4. The summed E-state index contributed by atoms with van der Waals surface area (Å²) in [7, 11) is 3.84. The molecule has 1 amide bonds. The first-order chi connectivity index (χ1) is 10.1. The minimum Gasteiger partial charge on any atom is -0.312 e. The second-order valence-electron chi connectivity index (χ2n) is 5.17. The molecule has 0 radical (unpaired) electrons. The molecule has 0 bridgehead atoms. The van der Waals surface area contributed by atoms with Gasteiger partial charge in [0.15, 0.2) is 0 Å². The number of anilines is 1. The van der Waals surface area contributed by atoms with Gasteiger partial charge in [0.2, 0.25) is 5.91 Å². The van der Waals surface area contributed by atoms with Crippen LogP contribution in [0, 0.1) is 0 Å². The van der Waals surface area contributed by atoms with Crippen molar-refractivity contribution in [3.63, 3.8) is 0 Å². The summed E-state index contributed by atoms with van der Waals surface area (Å²) in [6.07, 6.45) is 3.80. The predicted octanol–water partition coefficient (Wildman–Crippen LogP) is 1.90. The molecule has 0 N–H and O–H groups in total. The van der Waals surface area contributed by atoms with Crippen LogP contribution in [0.25, 0.3) is 0 Å². The van der Waals surface area contributed by atoms with Gasteiger partial charge in [0.25, 0.3) is 0 Å². The normalized spacial score (nSPS) is 10.9. The van der Waals surface area contributed by atoms with E-state index in [0.717, 1.165) is 11.3 Å². The monoisotopic (exact) mass is 286 g/mol. The standard InChI is InChI=1S/C16H22N4O/c1-4-20(15-8-6-5-7-9-15)16(21)13-18(2)11-14-10-17-19(3)12-14/h5-10,12H,4,11,13H2,1-3H3. The fourth-order valence-corrected chi connectivity index (χ4v) is 2.35. The Morgan fingerprint density at radius 3 is 2.57 bits per heavy atom. The average molecular weight is 286 g/mol. The quantitative estimate of drug-likeness (QED) is 0.814. The highest BCUT2D eigenvalue weighted by atomic mass is 16.2. The first-order valence-electron chi connectivity index (χ1n) is 7.11. The summed E-state index contributed by atoms with van der Waals surface area (Å²) < 4.78 is 1.77. The van der Waals surface area contributed by atoms with Crippen molar-refractivity contribution in [1.29, 1.82) is 0 Å². The Morgan fingerprint density at radius 2 is 2.00 bits per heavy atom. The number of aryl methyl sites for hydroxylation is 1. The zero-order valence-electron chi connectivity index (χ0n) is 12.9. The molecule has 0 aliphatic carbocycles. The lowest BCUT2D eigenvalue weighted by molar-refractivity contribution is -0.119. The summed E-state index contributed by atoms with van der Waals surface area (Å²) in [6, 6.07) is 9.77. The lowest BCUT2D eigenvalue weighted by Gasteiger charge is -2.24. The molecule has 2 aromatic rings. The fraction of sp³-hybridized carbons (Fsp3) is 0.375. The summed E-state index contributed by atoms with van der Waals surface area (Å²) in [5.74, 6) is 0.107. The average Bonchev–Trinajstić information content (AvgIpc) is 2.85. The molecule has 112 valence electrons. The van der Waals surface area contributed by atoms with Crippen molar-refractivity contribution in [2.75, 3.05) is 25.0 Å². The van der Waals surface area contributed by atoms with E-state index in [-0.39, 0.29) is 5.91 Å². The number of aromatic nitrogens is 2. The Morgan fingerprint density at radius 1 is 1.29 bits per heavy atom. The van der Waals surface area contributed by atoms with Crippen molar-refractivity contribution < 1.29 is 4.79 Å². The Labute approximate surface area is 125 Å². The molecule has 0 saturated heterocycles. The highest BCUT2D eigenvalue weighted by Gasteiger charge is 2.15. The van der Waals surface area contributed by atoms with Crippen LogP contribution in [-0.2, 0) is 18.4 Å². The minimum atomic E-state index is 0.107. The van der Waals surface area contributed by atoms with Gasteiger partial charge in [-0.05, 0) is 26.1 Å². The molecule has 0 atom stereocenters. The maximum absolute atomic E-state index is 12.4. The van der Waals surface area contributed by atoms with E-state index >= 15 is 0 Å². The van der Waals surface area contributed by atoms with Crippen LogP contribution in [0.2, 0.25) is 0 Å². The highest BCUT2D eigenvalue weighted by Crippen LogP contribution is 2.13. The summed E-state index contributed by atoms with van der Waals surface area (Å²) in [4.78, 5) is 16.3. The van der Waals surface area contributed by atoms with Crippen LogP contribution in [0.3, 0.4) is 0 Å². The number of hydrogen-bond acceptors (Lipinski definition) is 3. The van der Waals surface area contributed by atoms with Gasteiger partial charge in [-0.25, -0.2) is 0 Å². The van der Waals surface area contributed by atoms with E-state index in [2.05, 4.69) is 5.10 Å². The van der Waals surface area contributed by atoms with E-state index in [1.54, 1.807) is 9.58 Å². The van der Waals surface area contributed by atoms with E-state index in [1.807, 2.05) is 68.6 Å². The molecule has 1 heterocycles. The molecule has 0 aliphatic heterocycles. The van der Waals surface area contributed by atoms with Gasteiger partial charge in [0.1, 0.15) is 0 Å². The van der Waals surface area contributed by atoms with E-state index in [9.17, 15) is 4.79 Å². The lowest BCUT2D eigenvalue weighted by atomic mass is 10.2. The van der Waals surface area contributed by atoms with Gasteiger partial charge in [-0.1, -0.05) is 18.2 Å². The fourth-order valence-electron chi connectivity index (χ4n) is 2.35. The van der Waals surface area contributed by atoms with Crippen molar-refractivity contribution in [3.8, 4) is 0 Å². The van der Waals surface area contributed by atoms with Gasteiger partial charge in [0.05, 0.1) is 12.7 Å². The third-order valence-corrected chi connectivity index (χ3v) is 3.30. The maximum Gasteiger partial charge on any atom is 0.241 e. The number of hydrogen-bond donors (Lipinski definition) is 0. The molecule has 0 spiro atoms. The molecule has 21 heavy (non-hydrogen) atoms. The van der Waals surface area contributed by atoms with E-state index in [1.165, 1.54) is 0 Å². The summed E-state index contributed by atoms with van der Waals surface area (Å²) >= 11 is 0. The lowest BCUT2D eigenvalue weighted by Crippen LogP contribution is -2.38. The smallest absolute Gasteiger partial charge is 0.241 e. The van der Waals surface area contributed by atoms with Crippen LogP contribution in [0.5, 0.6) is 0 Å². The molecular weight excluding hydrogens is 264 g/mol. The topological polar surface area (TPSA) is 41.4 Å². The Hall–Kier alpha value is -2.14. The van der Waals surface area contributed by atoms with Crippen molar-refractivity contribution in [2.24, 2.45) is 7.05 Å². The van der Waals surface area contributed by atoms with Crippen molar-refractivity contribution >= 4 is 11.6 Å². The summed E-state index contributed by atoms with van der Waals surface area (Å²) in [5.41, 5.74) is 2.05. The van der Waals surface area contributed by atoms with Gasteiger partial charge in [0, 0.05) is 37.6 Å². The van der Waals surface area contributed by atoms with Gasteiger partial charge in [-0.2, -0.15) is 5.10 Å².